The molecule has 0 unspecified atom stereocenters. The van der Waals surface area contributed by atoms with E-state index in [2.05, 4.69) is 5.32 Å². The van der Waals surface area contributed by atoms with E-state index in [0.29, 0.717) is 15.9 Å². The molecule has 0 heterocycles. The van der Waals surface area contributed by atoms with Crippen molar-refractivity contribution < 1.29 is 31.2 Å². The van der Waals surface area contributed by atoms with Gasteiger partial charge in [0.25, 0.3) is 0 Å². The van der Waals surface area contributed by atoms with Crippen molar-refractivity contribution in [1.29, 1.82) is 0 Å². The van der Waals surface area contributed by atoms with Crippen LogP contribution in [0.1, 0.15) is 50.2 Å². The third-order valence-corrected chi connectivity index (χ3v) is 8.44. The normalized spacial score (nSPS) is 15.2. The Morgan fingerprint density at radius 1 is 1.08 bits per heavy atom. The Morgan fingerprint density at radius 2 is 1.74 bits per heavy atom. The van der Waals surface area contributed by atoms with E-state index in [9.17, 15) is 31.2 Å². The van der Waals surface area contributed by atoms with Gasteiger partial charge in [0.15, 0.2) is 0 Å². The lowest BCUT2D eigenvalue weighted by atomic mass is 10.1. The Balaban J connectivity index is 1.97. The number of carbonyl (C=O) groups is 2. The van der Waals surface area contributed by atoms with Gasteiger partial charge in [-0.15, -0.1) is 0 Å². The second kappa shape index (κ2) is 12.8. The number of carbonyl (C=O) groups excluding carboxylic acids is 2. The first kappa shape index (κ1) is 31.0. The maximum Gasteiger partial charge on any atom is 0.416 e. The molecule has 3 rings (SSSR count). The van der Waals surface area contributed by atoms with Crippen LogP contribution >= 0.6 is 23.2 Å². The molecule has 0 aromatic heterocycles. The highest BCUT2D eigenvalue weighted by atomic mass is 35.5. The van der Waals surface area contributed by atoms with Gasteiger partial charge in [0.1, 0.15) is 12.6 Å². The van der Waals surface area contributed by atoms with Gasteiger partial charge in [-0.3, -0.25) is 13.9 Å². The minimum atomic E-state index is -4.71. The Kier molecular flexibility index (Phi) is 10.2. The van der Waals surface area contributed by atoms with Crippen molar-refractivity contribution >= 4 is 50.7 Å². The molecular formula is C26H30Cl2F3N3O4S. The molecule has 2 aromatic rings. The summed E-state index contributed by atoms with van der Waals surface area (Å²) in [4.78, 5) is 28.2. The predicted octanol–water partition coefficient (Wildman–Crippen LogP) is 5.64. The first-order valence-corrected chi connectivity index (χ1v) is 15.0. The maximum absolute atomic E-state index is 13.7. The highest BCUT2D eigenvalue weighted by Gasteiger charge is 2.35. The average molecular weight is 609 g/mol. The van der Waals surface area contributed by atoms with Gasteiger partial charge in [0.2, 0.25) is 21.8 Å². The van der Waals surface area contributed by atoms with E-state index in [0.717, 1.165) is 44.1 Å². The number of anilines is 1. The van der Waals surface area contributed by atoms with Crippen molar-refractivity contribution in [3.8, 4) is 0 Å². The van der Waals surface area contributed by atoms with Gasteiger partial charge in [0, 0.05) is 12.6 Å². The molecule has 1 aliphatic carbocycles. The lowest BCUT2D eigenvalue weighted by Crippen LogP contribution is -2.53. The molecule has 0 spiro atoms. The highest BCUT2D eigenvalue weighted by molar-refractivity contribution is 7.92. The first-order valence-electron chi connectivity index (χ1n) is 12.4. The number of hydrogen-bond donors (Lipinski definition) is 1. The molecule has 0 aliphatic heterocycles. The molecule has 1 fully saturated rings. The van der Waals surface area contributed by atoms with Gasteiger partial charge in [-0.25, -0.2) is 8.42 Å². The zero-order valence-electron chi connectivity index (χ0n) is 21.5. The zero-order chi connectivity index (χ0) is 29.0. The number of alkyl halides is 3. The van der Waals surface area contributed by atoms with Crippen LogP contribution in [0.2, 0.25) is 10.0 Å². The number of rotatable bonds is 10. The Morgan fingerprint density at radius 3 is 2.31 bits per heavy atom. The lowest BCUT2D eigenvalue weighted by Gasteiger charge is -2.33. The fourth-order valence-corrected chi connectivity index (χ4v) is 5.73. The van der Waals surface area contributed by atoms with Gasteiger partial charge < -0.3 is 10.2 Å². The van der Waals surface area contributed by atoms with Crippen LogP contribution in [0.4, 0.5) is 18.9 Å². The molecule has 0 bridgehead atoms. The molecule has 0 radical (unpaired) electrons. The summed E-state index contributed by atoms with van der Waals surface area (Å²) >= 11 is 12.2. The standard InChI is InChI=1S/C26H30Cl2F3N3O4S/c1-3-23(25(36)32-19-8-4-5-9-19)33(15-17-11-12-21(27)22(28)13-17)24(35)16-34(39(2,37)38)20-10-6-7-18(14-20)26(29,30)31/h6-7,10-14,19,23H,3-5,8-9,15-16H2,1-2H3,(H,32,36)/t23-/m0/s1. The monoisotopic (exact) mass is 607 g/mol. The van der Waals surface area contributed by atoms with E-state index in [1.54, 1.807) is 13.0 Å². The number of nitrogens with zero attached hydrogens (tertiary/aromatic N) is 2. The van der Waals surface area contributed by atoms with Crippen LogP contribution in [-0.2, 0) is 32.3 Å². The van der Waals surface area contributed by atoms with Crippen molar-refractivity contribution in [2.45, 2.75) is 63.8 Å². The third kappa shape index (κ3) is 8.25. The molecule has 2 amide bonds. The fourth-order valence-electron chi connectivity index (χ4n) is 4.57. The summed E-state index contributed by atoms with van der Waals surface area (Å²) in [5.74, 6) is -1.15. The molecule has 7 nitrogen and oxygen atoms in total. The van der Waals surface area contributed by atoms with Crippen LogP contribution in [0.5, 0.6) is 0 Å². The summed E-state index contributed by atoms with van der Waals surface area (Å²) in [5, 5.41) is 3.49. The maximum atomic E-state index is 13.7. The molecule has 1 N–H and O–H groups in total. The van der Waals surface area contributed by atoms with Crippen LogP contribution in [0.25, 0.3) is 0 Å². The summed E-state index contributed by atoms with van der Waals surface area (Å²) in [7, 11) is -4.19. The SMILES string of the molecule is CC[C@@H](C(=O)NC1CCCC1)N(Cc1ccc(Cl)c(Cl)c1)C(=O)CN(c1cccc(C(F)(F)F)c1)S(C)(=O)=O. The number of sulfonamides is 1. The van der Waals surface area contributed by atoms with Crippen molar-refractivity contribution in [3.05, 3.63) is 63.6 Å². The number of amides is 2. The van der Waals surface area contributed by atoms with Crippen molar-refractivity contribution in [3.63, 3.8) is 0 Å². The van der Waals surface area contributed by atoms with E-state index >= 15 is 0 Å². The molecule has 39 heavy (non-hydrogen) atoms. The summed E-state index contributed by atoms with van der Waals surface area (Å²) in [6.45, 7) is 0.802. The summed E-state index contributed by atoms with van der Waals surface area (Å²) in [5.41, 5.74) is -0.843. The summed E-state index contributed by atoms with van der Waals surface area (Å²) < 4.78 is 65.9. The Labute approximate surface area is 236 Å². The molecule has 214 valence electrons. The highest BCUT2D eigenvalue weighted by Crippen LogP contribution is 2.32. The number of benzene rings is 2. The van der Waals surface area contributed by atoms with Crippen LogP contribution in [0, 0.1) is 0 Å². The molecule has 1 saturated carbocycles. The Hall–Kier alpha value is -2.50. The van der Waals surface area contributed by atoms with Crippen molar-refractivity contribution in [1.82, 2.24) is 10.2 Å². The minimum absolute atomic E-state index is 0.0221. The molecule has 1 atom stereocenters. The van der Waals surface area contributed by atoms with Crippen LogP contribution in [0.3, 0.4) is 0 Å². The van der Waals surface area contributed by atoms with Gasteiger partial charge in [-0.2, -0.15) is 13.2 Å². The minimum Gasteiger partial charge on any atom is -0.352 e. The molecular weight excluding hydrogens is 578 g/mol. The second-order valence-corrected chi connectivity index (χ2v) is 12.2. The smallest absolute Gasteiger partial charge is 0.352 e. The summed E-state index contributed by atoms with van der Waals surface area (Å²) in [6, 6.07) is 7.43. The van der Waals surface area contributed by atoms with Crippen molar-refractivity contribution in [2.75, 3.05) is 17.1 Å². The average Bonchev–Trinajstić information content (AvgIpc) is 3.36. The number of hydrogen-bond acceptors (Lipinski definition) is 4. The van der Waals surface area contributed by atoms with Gasteiger partial charge in [-0.05, 0) is 55.2 Å². The molecule has 1 aliphatic rings. The fraction of sp³-hybridized carbons (Fsp3) is 0.462. The molecule has 2 aromatic carbocycles. The van der Waals surface area contributed by atoms with E-state index in [1.807, 2.05) is 0 Å². The summed E-state index contributed by atoms with van der Waals surface area (Å²) in [6.07, 6.45) is -0.0979. The largest absolute Gasteiger partial charge is 0.416 e. The van der Waals surface area contributed by atoms with Crippen LogP contribution in [-0.4, -0.2) is 50.0 Å². The van der Waals surface area contributed by atoms with E-state index in [-0.39, 0.29) is 40.6 Å². The van der Waals surface area contributed by atoms with E-state index in [1.165, 1.54) is 23.1 Å². The topological polar surface area (TPSA) is 86.8 Å². The van der Waals surface area contributed by atoms with E-state index < -0.39 is 40.3 Å². The van der Waals surface area contributed by atoms with Crippen LogP contribution in [0.15, 0.2) is 42.5 Å². The molecule has 13 heteroatoms. The van der Waals surface area contributed by atoms with Gasteiger partial charge >= 0.3 is 6.18 Å². The van der Waals surface area contributed by atoms with Crippen molar-refractivity contribution in [2.24, 2.45) is 0 Å². The van der Waals surface area contributed by atoms with Gasteiger partial charge in [0.05, 0.1) is 27.6 Å². The van der Waals surface area contributed by atoms with Crippen LogP contribution < -0.4 is 9.62 Å². The first-order chi connectivity index (χ1) is 18.2. The predicted molar refractivity (Wildman–Crippen MR) is 145 cm³/mol. The number of halogens is 5. The second-order valence-electron chi connectivity index (χ2n) is 9.50. The van der Waals surface area contributed by atoms with Gasteiger partial charge in [-0.1, -0.05) is 55.1 Å². The zero-order valence-corrected chi connectivity index (χ0v) is 23.8. The third-order valence-electron chi connectivity index (χ3n) is 6.57. The van der Waals surface area contributed by atoms with E-state index in [4.69, 9.17) is 23.2 Å². The number of nitrogens with one attached hydrogen (secondary N) is 1. The lowest BCUT2D eigenvalue weighted by molar-refractivity contribution is -0.140. The quantitative estimate of drug-likeness (QED) is 0.378. The molecule has 0 saturated heterocycles. The Bertz CT molecular complexity index is 1300.